The molecular weight excluding hydrogens is 641 g/mol. The van der Waals surface area contributed by atoms with E-state index >= 15 is 0 Å². The number of aromatic amines is 3. The fraction of sp³-hybridized carbons (Fsp3) is 0.0541. The van der Waals surface area contributed by atoms with Gasteiger partial charge >= 0.3 is 0 Å². The Morgan fingerprint density at radius 3 is 1.21 bits per heavy atom. The second-order valence-electron chi connectivity index (χ2n) is 8.53. The predicted octanol–water partition coefficient (Wildman–Crippen LogP) is 10.3. The van der Waals surface area contributed by atoms with Crippen LogP contribution in [0.3, 0.4) is 0 Å². The number of thiazole rings is 1. The molecule has 0 radical (unpaired) electrons. The monoisotopic (exact) mass is 680 g/mol. The minimum atomic E-state index is 1.30. The smallest absolute Gasteiger partial charge is 0.180 e. The van der Waals surface area contributed by atoms with Crippen molar-refractivity contribution in [3.05, 3.63) is 211 Å². The van der Waals surface area contributed by atoms with Gasteiger partial charge in [-0.2, -0.15) is 11.3 Å². The first-order valence-electron chi connectivity index (χ1n) is 14.7. The van der Waals surface area contributed by atoms with Gasteiger partial charge in [-0.05, 0) is 83.3 Å². The third-order valence-electron chi connectivity index (χ3n) is 5.15. The van der Waals surface area contributed by atoms with Crippen LogP contribution < -0.4 is 0 Å². The number of nitrogens with zero attached hydrogens (tertiary/aromatic N) is 3. The second kappa shape index (κ2) is 31.1. The van der Waals surface area contributed by atoms with Gasteiger partial charge in [-0.1, -0.05) is 36.4 Å². The number of nitrogens with one attached hydrogen (secondary N) is 3. The highest BCUT2D eigenvalue weighted by molar-refractivity contribution is 7.07. The van der Waals surface area contributed by atoms with Gasteiger partial charge in [0.25, 0.3) is 0 Å². The number of hydrogen-bond donors (Lipinski definition) is 3. The van der Waals surface area contributed by atoms with Gasteiger partial charge in [0.05, 0.1) is 43.1 Å². The fourth-order valence-corrected chi connectivity index (χ4v) is 3.75. The number of furan rings is 2. The van der Waals surface area contributed by atoms with Crippen molar-refractivity contribution in [1.82, 2.24) is 29.9 Å². The largest absolute Gasteiger partial charge is 0.473 e. The number of thiophene rings is 1. The average Bonchev–Trinajstić information content (AvgIpc) is 4.02. The molecule has 3 N–H and O–H groups in total. The molecule has 1 aliphatic carbocycles. The van der Waals surface area contributed by atoms with Crippen LogP contribution in [0.25, 0.3) is 0 Å². The van der Waals surface area contributed by atoms with Gasteiger partial charge in [-0.15, -0.1) is 11.3 Å². The van der Waals surface area contributed by atoms with E-state index in [4.69, 9.17) is 0 Å². The first-order chi connectivity index (χ1) is 24.0. The third kappa shape index (κ3) is 24.4. The molecule has 1 aliphatic rings. The zero-order valence-electron chi connectivity index (χ0n) is 26.3. The molecule has 48 heavy (non-hydrogen) atoms. The lowest BCUT2D eigenvalue weighted by molar-refractivity contribution is 0.558. The van der Waals surface area contributed by atoms with Crippen molar-refractivity contribution in [2.45, 2.75) is 12.8 Å². The van der Waals surface area contributed by atoms with E-state index in [1.165, 1.54) is 25.5 Å². The summed E-state index contributed by atoms with van der Waals surface area (Å²) in [5.74, 6) is 0. The highest BCUT2D eigenvalue weighted by Gasteiger charge is 2.09. The summed E-state index contributed by atoms with van der Waals surface area (Å²) in [5.41, 5.74) is 4.89. The van der Waals surface area contributed by atoms with Crippen molar-refractivity contribution < 1.29 is 13.3 Å². The molecule has 0 bridgehead atoms. The molecule has 0 atom stereocenters. The maximum absolute atomic E-state index is 4.58. The molecule has 0 spiro atoms. The highest BCUT2D eigenvalue weighted by Crippen LogP contribution is 2.20. The molecule has 0 saturated heterocycles. The van der Waals surface area contributed by atoms with E-state index in [-0.39, 0.29) is 0 Å². The summed E-state index contributed by atoms with van der Waals surface area (Å²) in [6.07, 6.45) is 27.9. The lowest BCUT2D eigenvalue weighted by Crippen LogP contribution is -2.06. The van der Waals surface area contributed by atoms with Crippen molar-refractivity contribution in [1.29, 1.82) is 0 Å². The molecule has 8 heterocycles. The molecule has 1 aromatic carbocycles. The Kier molecular flexibility index (Phi) is 24.8. The summed E-state index contributed by atoms with van der Waals surface area (Å²) in [5, 5.41) is 6.01. The Balaban J connectivity index is 0.000000189. The Labute approximate surface area is 289 Å². The van der Waals surface area contributed by atoms with Gasteiger partial charge in [0, 0.05) is 48.8 Å². The minimum Gasteiger partial charge on any atom is -0.473 e. The van der Waals surface area contributed by atoms with Crippen LogP contribution in [0.4, 0.5) is 0 Å². The number of imidazole rings is 1. The van der Waals surface area contributed by atoms with Crippen LogP contribution in [-0.2, 0) is 12.8 Å². The van der Waals surface area contributed by atoms with Crippen LogP contribution >= 0.6 is 22.7 Å². The van der Waals surface area contributed by atoms with Crippen LogP contribution in [0.5, 0.6) is 0 Å². The van der Waals surface area contributed by atoms with Gasteiger partial charge < -0.3 is 28.2 Å². The Hall–Kier alpha value is -5.91. The van der Waals surface area contributed by atoms with E-state index in [9.17, 15) is 0 Å². The summed E-state index contributed by atoms with van der Waals surface area (Å²) in [7, 11) is 0. The zero-order valence-corrected chi connectivity index (χ0v) is 28.0. The number of hydrogen-bond acceptors (Lipinski definition) is 8. The molecule has 10 rings (SSSR count). The van der Waals surface area contributed by atoms with E-state index in [0.717, 1.165) is 0 Å². The van der Waals surface area contributed by atoms with Crippen LogP contribution in [0.15, 0.2) is 213 Å². The van der Waals surface area contributed by atoms with Gasteiger partial charge in [0.2, 0.25) is 0 Å². The number of aryl methyl sites for hydroxylation is 2. The molecule has 0 aliphatic heterocycles. The third-order valence-corrected chi connectivity index (χ3v) is 6.30. The molecule has 0 amide bonds. The predicted molar refractivity (Wildman–Crippen MR) is 194 cm³/mol. The van der Waals surface area contributed by atoms with Crippen LogP contribution in [0, 0.1) is 0 Å². The lowest BCUT2D eigenvalue weighted by Gasteiger charge is -2.16. The van der Waals surface area contributed by atoms with Crippen molar-refractivity contribution in [2.75, 3.05) is 0 Å². The van der Waals surface area contributed by atoms with Crippen molar-refractivity contribution in [2.24, 2.45) is 0 Å². The summed E-state index contributed by atoms with van der Waals surface area (Å²) in [6.45, 7) is 0. The Morgan fingerprint density at radius 2 is 1.04 bits per heavy atom. The standard InChI is InChI=1S/C8H8.2C4H5N.2C4H4O.C4H4S.C3H4N2.C3H3NO.C3H3NS/c1-2-4-8-6-5-7(8)3-1;5*1-2-4-5-3-1;3*1-2-5-3-4-1/h1-4H,5-6H2;2*1-5H;3*1-4H;1-3H,(H,4,5);2*1-3H. The van der Waals surface area contributed by atoms with Gasteiger partial charge in [0.15, 0.2) is 6.39 Å². The maximum atomic E-state index is 4.58. The summed E-state index contributed by atoms with van der Waals surface area (Å²) >= 11 is 3.31. The van der Waals surface area contributed by atoms with Gasteiger partial charge in [-0.25, -0.2) is 9.97 Å². The van der Waals surface area contributed by atoms with Crippen molar-refractivity contribution in [3.8, 4) is 0 Å². The summed E-state index contributed by atoms with van der Waals surface area (Å²) < 4.78 is 13.6. The van der Waals surface area contributed by atoms with Crippen molar-refractivity contribution in [3.63, 3.8) is 0 Å². The number of oxazole rings is 1. The summed E-state index contributed by atoms with van der Waals surface area (Å²) in [6, 6.07) is 27.8. The van der Waals surface area contributed by atoms with Crippen LogP contribution in [0.1, 0.15) is 11.1 Å². The number of benzene rings is 1. The average molecular weight is 681 g/mol. The molecule has 0 fully saturated rings. The number of fused-ring (bicyclic) bond motifs is 1. The normalized spacial score (nSPS) is 9.08. The fourth-order valence-electron chi connectivity index (χ4n) is 2.94. The molecule has 0 saturated carbocycles. The topological polar surface area (TPSA) is 125 Å². The number of rotatable bonds is 0. The van der Waals surface area contributed by atoms with E-state index < -0.39 is 0 Å². The van der Waals surface area contributed by atoms with E-state index in [1.807, 2.05) is 102 Å². The molecule has 9 nitrogen and oxygen atoms in total. The Bertz CT molecular complexity index is 1180. The minimum absolute atomic E-state index is 1.30. The van der Waals surface area contributed by atoms with E-state index in [1.54, 1.807) is 95.5 Å². The van der Waals surface area contributed by atoms with Gasteiger partial charge in [-0.3, -0.25) is 4.98 Å². The quantitative estimate of drug-likeness (QED) is 0.146. The van der Waals surface area contributed by atoms with E-state index in [2.05, 4.69) is 67.4 Å². The second-order valence-corrected chi connectivity index (χ2v) is 10.1. The zero-order chi connectivity index (χ0) is 33.7. The number of H-pyrrole nitrogens is 3. The summed E-state index contributed by atoms with van der Waals surface area (Å²) in [4.78, 5) is 19.4. The highest BCUT2D eigenvalue weighted by atomic mass is 32.1. The van der Waals surface area contributed by atoms with Crippen molar-refractivity contribution >= 4 is 22.7 Å². The molecule has 9 aromatic rings. The molecule has 0 unspecified atom stereocenters. The lowest BCUT2D eigenvalue weighted by atomic mass is 9.89. The maximum Gasteiger partial charge on any atom is 0.180 e. The molecule has 248 valence electrons. The molecular formula is C37H40N6O3S2. The first-order valence-corrected chi connectivity index (χ1v) is 16.6. The first kappa shape index (κ1) is 38.3. The van der Waals surface area contributed by atoms with Crippen LogP contribution in [0.2, 0.25) is 0 Å². The Morgan fingerprint density at radius 1 is 0.458 bits per heavy atom. The number of aromatic nitrogens is 6. The van der Waals surface area contributed by atoms with E-state index in [0.29, 0.717) is 0 Å². The molecule has 11 heteroatoms. The van der Waals surface area contributed by atoms with Crippen LogP contribution in [-0.4, -0.2) is 29.9 Å². The SMILES string of the molecule is c1c[nH]cn1.c1cc[nH]c1.c1cc[nH]c1.c1ccc2c(c1)CC2.c1ccoc1.c1ccoc1.c1ccsc1.c1cocn1.c1cscn1. The molecule has 8 aromatic heterocycles. The van der Waals surface area contributed by atoms with Gasteiger partial charge in [0.1, 0.15) is 6.26 Å².